The number of hydrogen-bond acceptors (Lipinski definition) is 2. The zero-order chi connectivity index (χ0) is 6.41. The van der Waals surface area contributed by atoms with Crippen molar-refractivity contribution in [2.45, 2.75) is 13.3 Å². The molecule has 3 N–H and O–H groups in total. The quantitative estimate of drug-likeness (QED) is 0.600. The molecule has 0 saturated carbocycles. The summed E-state index contributed by atoms with van der Waals surface area (Å²) in [6.07, 6.45) is 0.994. The topological polar surface area (TPSA) is 27.6 Å². The summed E-state index contributed by atoms with van der Waals surface area (Å²) in [6, 6.07) is 0. The molecule has 48 valence electrons. The maximum absolute atomic E-state index is 4.98. The highest BCUT2D eigenvalue weighted by molar-refractivity contribution is 8.23. The molecule has 0 aliphatic rings. The van der Waals surface area contributed by atoms with Gasteiger partial charge in [-0.2, -0.15) is 0 Å². The Labute approximate surface area is 60.0 Å². The van der Waals surface area contributed by atoms with Crippen molar-refractivity contribution < 1.29 is 5.73 Å². The second kappa shape index (κ2) is 5.54. The van der Waals surface area contributed by atoms with E-state index in [1.54, 1.807) is 11.8 Å². The van der Waals surface area contributed by atoms with Crippen LogP contribution in [0, 0.1) is 0 Å². The van der Waals surface area contributed by atoms with Gasteiger partial charge in [0.25, 0.3) is 0 Å². The van der Waals surface area contributed by atoms with Crippen LogP contribution in [0.15, 0.2) is 0 Å². The predicted octanol–water partition coefficient (Wildman–Crippen LogP) is 0.699. The molecule has 0 radical (unpaired) electrons. The van der Waals surface area contributed by atoms with E-state index in [1.165, 1.54) is 0 Å². The van der Waals surface area contributed by atoms with Crippen LogP contribution in [0.3, 0.4) is 0 Å². The monoisotopic (exact) mass is 150 g/mol. The van der Waals surface area contributed by atoms with Gasteiger partial charge in [-0.15, -0.1) is 11.8 Å². The molecular weight excluding hydrogens is 138 g/mol. The van der Waals surface area contributed by atoms with Gasteiger partial charge < -0.3 is 5.73 Å². The average Bonchev–Trinajstić information content (AvgIpc) is 1.68. The first-order chi connectivity index (χ1) is 3.81. The Morgan fingerprint density at radius 3 is 2.75 bits per heavy atom. The van der Waals surface area contributed by atoms with E-state index < -0.39 is 0 Å². The molecule has 8 heavy (non-hydrogen) atoms. The van der Waals surface area contributed by atoms with Crippen LogP contribution in [0.1, 0.15) is 13.3 Å². The lowest BCUT2D eigenvalue weighted by atomic mass is 10.5. The van der Waals surface area contributed by atoms with Crippen LogP contribution in [0.5, 0.6) is 0 Å². The summed E-state index contributed by atoms with van der Waals surface area (Å²) in [7, 11) is 0. The Kier molecular flexibility index (Phi) is 5.81. The van der Waals surface area contributed by atoms with Gasteiger partial charge in [-0.05, 0) is 5.75 Å². The van der Waals surface area contributed by atoms with Crippen molar-refractivity contribution in [1.29, 1.82) is 0 Å². The normalized spacial score (nSPS) is 9.25. The zero-order valence-corrected chi connectivity index (χ0v) is 6.78. The maximum Gasteiger partial charge on any atom is 0.0794 e. The van der Waals surface area contributed by atoms with Gasteiger partial charge in [0.2, 0.25) is 0 Å². The van der Waals surface area contributed by atoms with Crippen LogP contribution < -0.4 is 5.73 Å². The first-order valence-corrected chi connectivity index (χ1v) is 4.15. The molecular formula is C5H12NS2+. The minimum absolute atomic E-state index is 0.936. The first-order valence-electron chi connectivity index (χ1n) is 2.76. The molecule has 0 aromatic rings. The summed E-state index contributed by atoms with van der Waals surface area (Å²) < 4.78 is 1.10. The lowest BCUT2D eigenvalue weighted by Gasteiger charge is -1.93. The third-order valence-electron chi connectivity index (χ3n) is 0.686. The summed E-state index contributed by atoms with van der Waals surface area (Å²) in [4.78, 5) is 0. The summed E-state index contributed by atoms with van der Waals surface area (Å²) in [5.41, 5.74) is 3.71. The van der Waals surface area contributed by atoms with Gasteiger partial charge >= 0.3 is 0 Å². The lowest BCUT2D eigenvalue weighted by molar-refractivity contribution is -0.364. The second-order valence-corrected chi connectivity index (χ2v) is 3.52. The Morgan fingerprint density at radius 2 is 2.38 bits per heavy atom. The molecule has 0 spiro atoms. The van der Waals surface area contributed by atoms with Gasteiger partial charge in [0.05, 0.1) is 10.7 Å². The number of thiocarbonyl (C=S) groups is 1. The molecule has 0 fully saturated rings. The Bertz CT molecular complexity index is 64.8. The van der Waals surface area contributed by atoms with Crippen LogP contribution in [-0.2, 0) is 0 Å². The lowest BCUT2D eigenvalue weighted by Crippen LogP contribution is -2.50. The molecule has 1 nitrogen and oxygen atoms in total. The zero-order valence-electron chi connectivity index (χ0n) is 5.14. The Morgan fingerprint density at radius 1 is 1.75 bits per heavy atom. The van der Waals surface area contributed by atoms with Crippen molar-refractivity contribution in [3.8, 4) is 0 Å². The molecule has 3 heteroatoms. The highest BCUT2D eigenvalue weighted by Crippen LogP contribution is 2.04. The second-order valence-electron chi connectivity index (χ2n) is 1.41. The highest BCUT2D eigenvalue weighted by atomic mass is 32.2. The van der Waals surface area contributed by atoms with E-state index in [4.69, 9.17) is 12.2 Å². The summed E-state index contributed by atoms with van der Waals surface area (Å²) in [5, 5.41) is 0. The molecule has 0 atom stereocenters. The third-order valence-corrected chi connectivity index (χ3v) is 2.06. The number of rotatable bonds is 3. The summed E-state index contributed by atoms with van der Waals surface area (Å²) >= 11 is 6.72. The SMILES string of the molecule is CCSC(=S)CC[NH3+]. The number of thioether (sulfide) groups is 1. The minimum atomic E-state index is 0.936. The molecule has 0 bridgehead atoms. The van der Waals surface area contributed by atoms with Gasteiger partial charge in [0.15, 0.2) is 0 Å². The van der Waals surface area contributed by atoms with Crippen molar-refractivity contribution in [2.75, 3.05) is 12.3 Å². The van der Waals surface area contributed by atoms with Crippen LogP contribution in [0.2, 0.25) is 0 Å². The number of hydrogen-bond donors (Lipinski definition) is 1. The molecule has 0 amide bonds. The van der Waals surface area contributed by atoms with Gasteiger partial charge in [0.1, 0.15) is 0 Å². The molecule has 0 aliphatic heterocycles. The van der Waals surface area contributed by atoms with Crippen LogP contribution in [0.25, 0.3) is 0 Å². The Hall–Kier alpha value is 0.400. The molecule has 0 heterocycles. The van der Waals surface area contributed by atoms with Gasteiger partial charge in [-0.3, -0.25) is 0 Å². The molecule has 0 aliphatic carbocycles. The summed E-state index contributed by atoms with van der Waals surface area (Å²) in [5.74, 6) is 1.10. The van der Waals surface area contributed by atoms with E-state index in [-0.39, 0.29) is 0 Å². The minimum Gasteiger partial charge on any atom is -0.357 e. The average molecular weight is 150 g/mol. The van der Waals surface area contributed by atoms with E-state index in [0.29, 0.717) is 0 Å². The first kappa shape index (κ1) is 8.40. The molecule has 0 unspecified atom stereocenters. The standard InChI is InChI=1S/C5H11NS2/c1-2-8-5(7)3-4-6/h2-4,6H2,1H3/p+1. The predicted molar refractivity (Wildman–Crippen MR) is 43.1 cm³/mol. The fourth-order valence-corrected chi connectivity index (χ4v) is 1.49. The maximum atomic E-state index is 4.98. The van der Waals surface area contributed by atoms with Crippen LogP contribution in [0.4, 0.5) is 0 Å². The fourth-order valence-electron chi connectivity index (χ4n) is 0.377. The van der Waals surface area contributed by atoms with Crippen molar-refractivity contribution >= 4 is 28.2 Å². The van der Waals surface area contributed by atoms with Crippen LogP contribution in [-0.4, -0.2) is 16.5 Å². The molecule has 0 aromatic carbocycles. The van der Waals surface area contributed by atoms with E-state index in [0.717, 1.165) is 22.9 Å². The van der Waals surface area contributed by atoms with Gasteiger partial charge in [0, 0.05) is 6.42 Å². The van der Waals surface area contributed by atoms with Crippen molar-refractivity contribution in [1.82, 2.24) is 0 Å². The van der Waals surface area contributed by atoms with Gasteiger partial charge in [-0.1, -0.05) is 19.1 Å². The van der Waals surface area contributed by atoms with Crippen molar-refractivity contribution in [3.05, 3.63) is 0 Å². The fraction of sp³-hybridized carbons (Fsp3) is 0.800. The molecule has 0 saturated heterocycles. The molecule has 0 rings (SSSR count). The van der Waals surface area contributed by atoms with Crippen molar-refractivity contribution in [3.63, 3.8) is 0 Å². The van der Waals surface area contributed by atoms with Crippen LogP contribution >= 0.6 is 24.0 Å². The van der Waals surface area contributed by atoms with Crippen molar-refractivity contribution in [2.24, 2.45) is 0 Å². The van der Waals surface area contributed by atoms with E-state index in [9.17, 15) is 0 Å². The van der Waals surface area contributed by atoms with E-state index in [2.05, 4.69) is 12.7 Å². The number of quaternary nitrogens is 1. The third kappa shape index (κ3) is 4.56. The Balaban J connectivity index is 3.06. The smallest absolute Gasteiger partial charge is 0.0794 e. The largest absolute Gasteiger partial charge is 0.357 e. The molecule has 0 aromatic heterocycles. The van der Waals surface area contributed by atoms with E-state index >= 15 is 0 Å². The van der Waals surface area contributed by atoms with Gasteiger partial charge in [-0.25, -0.2) is 0 Å². The highest BCUT2D eigenvalue weighted by Gasteiger charge is 1.92. The summed E-state index contributed by atoms with van der Waals surface area (Å²) in [6.45, 7) is 3.05. The van der Waals surface area contributed by atoms with E-state index in [1.807, 2.05) is 0 Å².